The second kappa shape index (κ2) is 6.91. The molecule has 5 heteroatoms. The molecule has 2 aromatic rings. The molecule has 0 spiro atoms. The van der Waals surface area contributed by atoms with Crippen LogP contribution in [0.2, 0.25) is 0 Å². The number of nitrogens with zero attached hydrogens (tertiary/aromatic N) is 3. The Morgan fingerprint density at radius 1 is 1.25 bits per heavy atom. The maximum absolute atomic E-state index is 12.3. The first-order valence-corrected chi connectivity index (χ1v) is 9.06. The normalized spacial score (nSPS) is 21.2. The first kappa shape index (κ1) is 16.9. The fourth-order valence-corrected chi connectivity index (χ4v) is 3.75. The summed E-state index contributed by atoms with van der Waals surface area (Å²) in [6.45, 7) is 8.35. The largest absolute Gasteiger partial charge is 0.353 e. The highest BCUT2D eigenvalue weighted by Gasteiger charge is 2.20. The number of amides is 1. The van der Waals surface area contributed by atoms with Gasteiger partial charge in [0.25, 0.3) is 0 Å². The molecule has 3 rings (SSSR count). The molecule has 1 aliphatic rings. The zero-order chi connectivity index (χ0) is 17.3. The van der Waals surface area contributed by atoms with Crippen LogP contribution in [-0.2, 0) is 11.2 Å². The number of hydrogen-bond donors (Lipinski definition) is 1. The summed E-state index contributed by atoms with van der Waals surface area (Å²) in [5.74, 6) is 0.962. The standard InChI is InChI=1S/C19H28N4O/c1-12-5-7-16(8-6-12)21-19(24)10-9-17-14(3)20-18-11-13(2)22-23(18)15(17)4/h11-12,16H,5-10H2,1-4H3,(H,21,24). The molecule has 2 heterocycles. The molecular weight excluding hydrogens is 300 g/mol. The average molecular weight is 328 g/mol. The topological polar surface area (TPSA) is 59.3 Å². The zero-order valence-corrected chi connectivity index (χ0v) is 15.2. The maximum Gasteiger partial charge on any atom is 0.220 e. The van der Waals surface area contributed by atoms with Crippen molar-refractivity contribution in [2.24, 2.45) is 5.92 Å². The minimum Gasteiger partial charge on any atom is -0.353 e. The Bertz CT molecular complexity index is 741. The summed E-state index contributed by atoms with van der Waals surface area (Å²) in [5.41, 5.74) is 5.07. The van der Waals surface area contributed by atoms with Gasteiger partial charge in [-0.2, -0.15) is 5.10 Å². The average Bonchev–Trinajstić information content (AvgIpc) is 2.90. The molecule has 5 nitrogen and oxygen atoms in total. The van der Waals surface area contributed by atoms with Gasteiger partial charge in [-0.15, -0.1) is 0 Å². The van der Waals surface area contributed by atoms with Crippen molar-refractivity contribution in [2.75, 3.05) is 0 Å². The molecule has 24 heavy (non-hydrogen) atoms. The van der Waals surface area contributed by atoms with Crippen molar-refractivity contribution in [1.29, 1.82) is 0 Å². The van der Waals surface area contributed by atoms with Gasteiger partial charge in [0, 0.05) is 29.9 Å². The summed E-state index contributed by atoms with van der Waals surface area (Å²) in [5, 5.41) is 7.70. The molecule has 1 saturated carbocycles. The minimum atomic E-state index is 0.157. The molecule has 1 aliphatic carbocycles. The number of aromatic nitrogens is 3. The van der Waals surface area contributed by atoms with Gasteiger partial charge < -0.3 is 5.32 Å². The number of carbonyl (C=O) groups is 1. The van der Waals surface area contributed by atoms with Crippen molar-refractivity contribution >= 4 is 11.6 Å². The van der Waals surface area contributed by atoms with E-state index in [1.807, 2.05) is 24.4 Å². The van der Waals surface area contributed by atoms with Crippen LogP contribution in [0.15, 0.2) is 6.07 Å². The smallest absolute Gasteiger partial charge is 0.220 e. The summed E-state index contributed by atoms with van der Waals surface area (Å²) >= 11 is 0. The van der Waals surface area contributed by atoms with Gasteiger partial charge in [-0.3, -0.25) is 4.79 Å². The lowest BCUT2D eigenvalue weighted by Crippen LogP contribution is -2.37. The highest BCUT2D eigenvalue weighted by molar-refractivity contribution is 5.76. The quantitative estimate of drug-likeness (QED) is 0.937. The number of hydrogen-bond acceptors (Lipinski definition) is 3. The van der Waals surface area contributed by atoms with Crippen molar-refractivity contribution in [3.63, 3.8) is 0 Å². The molecular formula is C19H28N4O. The molecule has 0 unspecified atom stereocenters. The van der Waals surface area contributed by atoms with Crippen molar-refractivity contribution in [3.8, 4) is 0 Å². The fourth-order valence-electron chi connectivity index (χ4n) is 3.75. The summed E-state index contributed by atoms with van der Waals surface area (Å²) in [4.78, 5) is 16.9. The third kappa shape index (κ3) is 3.60. The Balaban J connectivity index is 1.63. The van der Waals surface area contributed by atoms with Crippen LogP contribution in [0.1, 0.15) is 61.7 Å². The van der Waals surface area contributed by atoms with Crippen LogP contribution in [0.25, 0.3) is 5.65 Å². The van der Waals surface area contributed by atoms with E-state index >= 15 is 0 Å². The molecule has 0 bridgehead atoms. The molecule has 0 radical (unpaired) electrons. The van der Waals surface area contributed by atoms with Crippen molar-refractivity contribution < 1.29 is 4.79 Å². The molecule has 0 atom stereocenters. The highest BCUT2D eigenvalue weighted by atomic mass is 16.1. The zero-order valence-electron chi connectivity index (χ0n) is 15.2. The van der Waals surface area contributed by atoms with Crippen molar-refractivity contribution in [1.82, 2.24) is 19.9 Å². The lowest BCUT2D eigenvalue weighted by molar-refractivity contribution is -0.122. The molecule has 1 amide bonds. The molecule has 1 N–H and O–H groups in total. The second-order valence-electron chi connectivity index (χ2n) is 7.34. The molecule has 0 aromatic carbocycles. The van der Waals surface area contributed by atoms with Crippen LogP contribution in [0, 0.1) is 26.7 Å². The Morgan fingerprint density at radius 2 is 1.96 bits per heavy atom. The first-order chi connectivity index (χ1) is 11.4. The number of fused-ring (bicyclic) bond motifs is 1. The number of nitrogens with one attached hydrogen (secondary N) is 1. The third-order valence-electron chi connectivity index (χ3n) is 5.27. The summed E-state index contributed by atoms with van der Waals surface area (Å²) in [6, 6.07) is 2.35. The Kier molecular flexibility index (Phi) is 4.88. The van der Waals surface area contributed by atoms with E-state index in [0.29, 0.717) is 18.9 Å². The van der Waals surface area contributed by atoms with Gasteiger partial charge >= 0.3 is 0 Å². The predicted molar refractivity (Wildman–Crippen MR) is 95.1 cm³/mol. The highest BCUT2D eigenvalue weighted by Crippen LogP contribution is 2.23. The second-order valence-corrected chi connectivity index (χ2v) is 7.34. The monoisotopic (exact) mass is 328 g/mol. The van der Waals surface area contributed by atoms with Crippen LogP contribution >= 0.6 is 0 Å². The van der Waals surface area contributed by atoms with E-state index in [0.717, 1.165) is 47.1 Å². The van der Waals surface area contributed by atoms with Crippen LogP contribution in [0.3, 0.4) is 0 Å². The van der Waals surface area contributed by atoms with Crippen molar-refractivity contribution in [2.45, 2.75) is 72.3 Å². The SMILES string of the molecule is Cc1cc2nc(C)c(CCC(=O)NC3CCC(C)CC3)c(C)n2n1. The van der Waals surface area contributed by atoms with E-state index in [1.54, 1.807) is 0 Å². The van der Waals surface area contributed by atoms with E-state index < -0.39 is 0 Å². The Hall–Kier alpha value is -1.91. The van der Waals surface area contributed by atoms with Gasteiger partial charge in [0.05, 0.1) is 5.69 Å². The van der Waals surface area contributed by atoms with Crippen LogP contribution in [0.5, 0.6) is 0 Å². The number of rotatable bonds is 4. The Morgan fingerprint density at radius 3 is 2.67 bits per heavy atom. The summed E-state index contributed by atoms with van der Waals surface area (Å²) < 4.78 is 1.89. The van der Waals surface area contributed by atoms with Crippen LogP contribution in [0.4, 0.5) is 0 Å². The van der Waals surface area contributed by atoms with Gasteiger partial charge in [0.15, 0.2) is 5.65 Å². The van der Waals surface area contributed by atoms with Crippen LogP contribution < -0.4 is 5.32 Å². The molecule has 130 valence electrons. The maximum atomic E-state index is 12.3. The van der Waals surface area contributed by atoms with Gasteiger partial charge in [0.2, 0.25) is 5.91 Å². The van der Waals surface area contributed by atoms with E-state index in [-0.39, 0.29) is 5.91 Å². The molecule has 0 saturated heterocycles. The minimum absolute atomic E-state index is 0.157. The lowest BCUT2D eigenvalue weighted by Gasteiger charge is -2.27. The van der Waals surface area contributed by atoms with E-state index in [2.05, 4.69) is 29.2 Å². The van der Waals surface area contributed by atoms with Gasteiger partial charge in [0.1, 0.15) is 0 Å². The predicted octanol–water partition coefficient (Wildman–Crippen LogP) is 3.28. The molecule has 0 aliphatic heterocycles. The molecule has 1 fully saturated rings. The van der Waals surface area contributed by atoms with E-state index in [4.69, 9.17) is 0 Å². The van der Waals surface area contributed by atoms with Gasteiger partial charge in [-0.1, -0.05) is 6.92 Å². The lowest BCUT2D eigenvalue weighted by atomic mass is 9.87. The first-order valence-electron chi connectivity index (χ1n) is 9.06. The van der Waals surface area contributed by atoms with Gasteiger partial charge in [-0.25, -0.2) is 9.50 Å². The summed E-state index contributed by atoms with van der Waals surface area (Å²) in [7, 11) is 0. The summed E-state index contributed by atoms with van der Waals surface area (Å²) in [6.07, 6.45) is 5.91. The molecule has 2 aromatic heterocycles. The van der Waals surface area contributed by atoms with Gasteiger partial charge in [-0.05, 0) is 64.4 Å². The van der Waals surface area contributed by atoms with Crippen molar-refractivity contribution in [3.05, 3.63) is 28.7 Å². The third-order valence-corrected chi connectivity index (χ3v) is 5.27. The number of carbonyl (C=O) groups excluding carboxylic acids is 1. The fraction of sp³-hybridized carbons (Fsp3) is 0.632. The van der Waals surface area contributed by atoms with E-state index in [1.165, 1.54) is 12.8 Å². The Labute approximate surface area is 143 Å². The number of aryl methyl sites for hydroxylation is 3. The van der Waals surface area contributed by atoms with E-state index in [9.17, 15) is 4.79 Å². The van der Waals surface area contributed by atoms with Crippen LogP contribution in [-0.4, -0.2) is 26.5 Å².